The second kappa shape index (κ2) is 10.3. The fraction of sp³-hybridized carbons (Fsp3) is 0.435. The third kappa shape index (κ3) is 5.79. The highest BCUT2D eigenvalue weighted by Gasteiger charge is 2.23. The Morgan fingerprint density at radius 1 is 1.23 bits per heavy atom. The standard InChI is InChI=1S/C23H29FN6O/c24-18-6-3-11-26-21(18)15-27-23(31)30-14-4-5-17(16-30)9-12-25-13-10-22-28-19-7-1-2-8-20(19)29-22/h1-3,6-8,11,17,25H,4-5,9-10,12-16H2,(H,27,31)(H,28,29). The molecule has 2 amide bonds. The number of benzene rings is 1. The Hall–Kier alpha value is -3.00. The van der Waals surface area contributed by atoms with Crippen molar-refractivity contribution < 1.29 is 9.18 Å². The van der Waals surface area contributed by atoms with Crippen molar-refractivity contribution in [3.63, 3.8) is 0 Å². The summed E-state index contributed by atoms with van der Waals surface area (Å²) in [5, 5.41) is 6.29. The van der Waals surface area contributed by atoms with Crippen LogP contribution in [0.25, 0.3) is 11.0 Å². The normalized spacial score (nSPS) is 16.5. The fourth-order valence-corrected chi connectivity index (χ4v) is 4.07. The molecule has 1 fully saturated rings. The van der Waals surface area contributed by atoms with Crippen LogP contribution in [0.15, 0.2) is 42.6 Å². The van der Waals surface area contributed by atoms with Gasteiger partial charge in [0.1, 0.15) is 11.6 Å². The summed E-state index contributed by atoms with van der Waals surface area (Å²) in [6, 6.07) is 10.8. The van der Waals surface area contributed by atoms with E-state index in [1.54, 1.807) is 6.07 Å². The summed E-state index contributed by atoms with van der Waals surface area (Å²) < 4.78 is 13.7. The van der Waals surface area contributed by atoms with Gasteiger partial charge in [0, 0.05) is 32.3 Å². The van der Waals surface area contributed by atoms with Crippen LogP contribution in [-0.4, -0.2) is 52.1 Å². The number of carbonyl (C=O) groups is 1. The van der Waals surface area contributed by atoms with Gasteiger partial charge in [-0.1, -0.05) is 12.1 Å². The molecule has 1 aliphatic heterocycles. The van der Waals surface area contributed by atoms with Gasteiger partial charge in [-0.25, -0.2) is 14.2 Å². The van der Waals surface area contributed by atoms with Crippen molar-refractivity contribution in [2.75, 3.05) is 26.2 Å². The molecule has 1 atom stereocenters. The predicted octanol–water partition coefficient (Wildman–Crippen LogP) is 3.24. The third-order valence-corrected chi connectivity index (χ3v) is 5.75. The molecule has 3 N–H and O–H groups in total. The number of nitrogens with zero attached hydrogens (tertiary/aromatic N) is 3. The van der Waals surface area contributed by atoms with E-state index < -0.39 is 5.82 Å². The second-order valence-corrected chi connectivity index (χ2v) is 8.03. The highest BCUT2D eigenvalue weighted by Crippen LogP contribution is 2.19. The molecule has 1 unspecified atom stereocenters. The number of likely N-dealkylation sites (tertiary alicyclic amines) is 1. The van der Waals surface area contributed by atoms with Crippen molar-refractivity contribution in [3.05, 3.63) is 59.9 Å². The van der Waals surface area contributed by atoms with Crippen LogP contribution in [0.3, 0.4) is 0 Å². The average Bonchev–Trinajstić information content (AvgIpc) is 3.21. The molecule has 4 rings (SSSR count). The number of para-hydroxylation sites is 2. The number of imidazole rings is 1. The van der Waals surface area contributed by atoms with Crippen molar-refractivity contribution in [1.82, 2.24) is 30.5 Å². The number of urea groups is 1. The van der Waals surface area contributed by atoms with Gasteiger partial charge in [-0.15, -0.1) is 0 Å². The van der Waals surface area contributed by atoms with E-state index in [1.165, 1.54) is 12.3 Å². The average molecular weight is 425 g/mol. The number of nitrogens with one attached hydrogen (secondary N) is 3. The van der Waals surface area contributed by atoms with Gasteiger partial charge >= 0.3 is 6.03 Å². The summed E-state index contributed by atoms with van der Waals surface area (Å²) in [4.78, 5) is 26.2. The van der Waals surface area contributed by atoms with Gasteiger partial charge in [0.05, 0.1) is 23.3 Å². The molecule has 0 spiro atoms. The molecule has 0 radical (unpaired) electrons. The number of pyridine rings is 1. The number of rotatable bonds is 8. The molecule has 1 aliphatic rings. The molecule has 0 bridgehead atoms. The summed E-state index contributed by atoms with van der Waals surface area (Å²) in [6.45, 7) is 3.37. The summed E-state index contributed by atoms with van der Waals surface area (Å²) in [5.74, 6) is 1.08. The number of halogens is 1. The number of H-pyrrole nitrogens is 1. The van der Waals surface area contributed by atoms with Gasteiger partial charge < -0.3 is 20.5 Å². The predicted molar refractivity (Wildman–Crippen MR) is 118 cm³/mol. The Bertz CT molecular complexity index is 973. The van der Waals surface area contributed by atoms with Gasteiger partial charge in [-0.05, 0) is 56.0 Å². The summed E-state index contributed by atoms with van der Waals surface area (Å²) in [7, 11) is 0. The molecule has 164 valence electrons. The Kier molecular flexibility index (Phi) is 7.09. The largest absolute Gasteiger partial charge is 0.342 e. The van der Waals surface area contributed by atoms with E-state index in [0.717, 1.165) is 68.7 Å². The Balaban J connectivity index is 1.15. The minimum absolute atomic E-state index is 0.107. The SMILES string of the molecule is O=C(NCc1ncccc1F)N1CCCC(CCNCCc2nc3ccccc3[nH]2)C1. The zero-order valence-electron chi connectivity index (χ0n) is 17.6. The Labute approximate surface area is 181 Å². The lowest BCUT2D eigenvalue weighted by Crippen LogP contribution is -2.45. The Morgan fingerprint density at radius 2 is 2.13 bits per heavy atom. The molecule has 31 heavy (non-hydrogen) atoms. The second-order valence-electron chi connectivity index (χ2n) is 8.03. The number of hydrogen-bond acceptors (Lipinski definition) is 4. The topological polar surface area (TPSA) is 85.9 Å². The van der Waals surface area contributed by atoms with E-state index in [9.17, 15) is 9.18 Å². The number of amides is 2. The van der Waals surface area contributed by atoms with Crippen LogP contribution in [0.4, 0.5) is 9.18 Å². The van der Waals surface area contributed by atoms with Crippen molar-refractivity contribution in [1.29, 1.82) is 0 Å². The number of hydrogen-bond donors (Lipinski definition) is 3. The quantitative estimate of drug-likeness (QED) is 0.485. The zero-order valence-corrected chi connectivity index (χ0v) is 17.6. The molecule has 3 heterocycles. The minimum atomic E-state index is -0.395. The van der Waals surface area contributed by atoms with Crippen molar-refractivity contribution in [2.24, 2.45) is 5.92 Å². The molecular weight excluding hydrogens is 395 g/mol. The lowest BCUT2D eigenvalue weighted by Gasteiger charge is -2.33. The maximum atomic E-state index is 13.7. The van der Waals surface area contributed by atoms with E-state index >= 15 is 0 Å². The van der Waals surface area contributed by atoms with E-state index in [2.05, 4.69) is 25.6 Å². The first-order chi connectivity index (χ1) is 15.2. The molecule has 0 saturated carbocycles. The lowest BCUT2D eigenvalue weighted by atomic mass is 9.95. The maximum Gasteiger partial charge on any atom is 0.317 e. The maximum absolute atomic E-state index is 13.7. The van der Waals surface area contributed by atoms with Crippen LogP contribution in [0.5, 0.6) is 0 Å². The molecule has 3 aromatic rings. The minimum Gasteiger partial charge on any atom is -0.342 e. The van der Waals surface area contributed by atoms with Crippen LogP contribution in [0, 0.1) is 11.7 Å². The van der Waals surface area contributed by atoms with Crippen molar-refractivity contribution >= 4 is 17.1 Å². The summed E-state index contributed by atoms with van der Waals surface area (Å²) >= 11 is 0. The number of aromatic nitrogens is 3. The third-order valence-electron chi connectivity index (χ3n) is 5.75. The highest BCUT2D eigenvalue weighted by molar-refractivity contribution is 5.75. The van der Waals surface area contributed by atoms with E-state index in [-0.39, 0.29) is 18.3 Å². The fourth-order valence-electron chi connectivity index (χ4n) is 4.07. The van der Waals surface area contributed by atoms with Crippen LogP contribution in [-0.2, 0) is 13.0 Å². The first-order valence-electron chi connectivity index (χ1n) is 11.0. The summed E-state index contributed by atoms with van der Waals surface area (Å²) in [6.07, 6.45) is 5.54. The van der Waals surface area contributed by atoms with Gasteiger partial charge in [0.15, 0.2) is 0 Å². The van der Waals surface area contributed by atoms with E-state index in [1.807, 2.05) is 29.2 Å². The molecule has 7 nitrogen and oxygen atoms in total. The smallest absolute Gasteiger partial charge is 0.317 e. The number of piperidine rings is 1. The van der Waals surface area contributed by atoms with Crippen molar-refractivity contribution in [3.8, 4) is 0 Å². The molecule has 8 heteroatoms. The first kappa shape index (κ1) is 21.2. The molecule has 2 aromatic heterocycles. The van der Waals surface area contributed by atoms with Crippen LogP contribution in [0.2, 0.25) is 0 Å². The van der Waals surface area contributed by atoms with Gasteiger partial charge in [-0.2, -0.15) is 0 Å². The van der Waals surface area contributed by atoms with E-state index in [4.69, 9.17) is 0 Å². The molecule has 1 saturated heterocycles. The monoisotopic (exact) mass is 424 g/mol. The van der Waals surface area contributed by atoms with Gasteiger partial charge in [-0.3, -0.25) is 4.98 Å². The molecule has 1 aromatic carbocycles. The van der Waals surface area contributed by atoms with Gasteiger partial charge in [0.2, 0.25) is 0 Å². The Morgan fingerprint density at radius 3 is 3.00 bits per heavy atom. The van der Waals surface area contributed by atoms with Crippen LogP contribution >= 0.6 is 0 Å². The van der Waals surface area contributed by atoms with E-state index in [0.29, 0.717) is 5.92 Å². The van der Waals surface area contributed by atoms with Gasteiger partial charge in [0.25, 0.3) is 0 Å². The number of carbonyl (C=O) groups excluding carboxylic acids is 1. The first-order valence-corrected chi connectivity index (χ1v) is 11.0. The summed E-state index contributed by atoms with van der Waals surface area (Å²) in [5.41, 5.74) is 2.34. The lowest BCUT2D eigenvalue weighted by molar-refractivity contribution is 0.162. The molecule has 0 aliphatic carbocycles. The number of aromatic amines is 1. The number of fused-ring (bicyclic) bond motifs is 1. The van der Waals surface area contributed by atoms with Crippen LogP contribution < -0.4 is 10.6 Å². The van der Waals surface area contributed by atoms with Crippen LogP contribution in [0.1, 0.15) is 30.8 Å². The van der Waals surface area contributed by atoms with Crippen molar-refractivity contribution in [2.45, 2.75) is 32.2 Å². The molecular formula is C23H29FN6O. The highest BCUT2D eigenvalue weighted by atomic mass is 19.1. The zero-order chi connectivity index (χ0) is 21.5.